The van der Waals surface area contributed by atoms with Gasteiger partial charge in [0.1, 0.15) is 6.04 Å². The van der Waals surface area contributed by atoms with E-state index in [4.69, 9.17) is 5.73 Å². The molecule has 1 aliphatic heterocycles. The number of benzene rings is 1. The van der Waals surface area contributed by atoms with Crippen LogP contribution in [0.15, 0.2) is 18.2 Å². The van der Waals surface area contributed by atoms with Gasteiger partial charge in [0.15, 0.2) is 0 Å². The van der Waals surface area contributed by atoms with Crippen LogP contribution in [-0.4, -0.2) is 29.6 Å². The highest BCUT2D eigenvalue weighted by atomic mass is 16.4. The Morgan fingerprint density at radius 3 is 2.68 bits per heavy atom. The molecular formula is C14H18N2O3. The number of carboxylic acids is 1. The van der Waals surface area contributed by atoms with Gasteiger partial charge in [-0.2, -0.15) is 0 Å². The first kappa shape index (κ1) is 13.4. The van der Waals surface area contributed by atoms with Gasteiger partial charge in [-0.15, -0.1) is 0 Å². The first-order valence-corrected chi connectivity index (χ1v) is 6.40. The molecule has 0 aliphatic carbocycles. The van der Waals surface area contributed by atoms with Crippen molar-refractivity contribution in [2.75, 3.05) is 11.4 Å². The molecule has 102 valence electrons. The summed E-state index contributed by atoms with van der Waals surface area (Å²) in [5, 5.41) is 9.29. The normalized spacial score (nSPS) is 19.2. The van der Waals surface area contributed by atoms with Crippen LogP contribution in [0.5, 0.6) is 0 Å². The number of anilines is 1. The van der Waals surface area contributed by atoms with Crippen molar-refractivity contribution >= 4 is 17.6 Å². The smallest absolute Gasteiger partial charge is 0.326 e. The summed E-state index contributed by atoms with van der Waals surface area (Å²) >= 11 is 0. The second-order valence-electron chi connectivity index (χ2n) is 4.91. The highest BCUT2D eigenvalue weighted by molar-refractivity contribution is 5.93. The number of aryl methyl sites for hydroxylation is 1. The number of piperidine rings is 1. The lowest BCUT2D eigenvalue weighted by molar-refractivity contribution is -0.139. The van der Waals surface area contributed by atoms with Crippen LogP contribution in [0.4, 0.5) is 5.69 Å². The summed E-state index contributed by atoms with van der Waals surface area (Å²) < 4.78 is 0. The topological polar surface area (TPSA) is 83.6 Å². The molecule has 0 bridgehead atoms. The van der Waals surface area contributed by atoms with Gasteiger partial charge in [-0.05, 0) is 49.9 Å². The second kappa shape index (κ2) is 5.30. The van der Waals surface area contributed by atoms with E-state index >= 15 is 0 Å². The van der Waals surface area contributed by atoms with Gasteiger partial charge in [0, 0.05) is 17.8 Å². The van der Waals surface area contributed by atoms with E-state index in [1.165, 1.54) is 0 Å². The molecule has 0 aromatic heterocycles. The number of rotatable bonds is 3. The summed E-state index contributed by atoms with van der Waals surface area (Å²) in [5.74, 6) is -1.26. The third-order valence-electron chi connectivity index (χ3n) is 3.58. The molecular weight excluding hydrogens is 244 g/mol. The lowest BCUT2D eigenvalue weighted by atomic mass is 9.99. The van der Waals surface area contributed by atoms with Crippen molar-refractivity contribution in [3.63, 3.8) is 0 Å². The predicted octanol–water partition coefficient (Wildman–Crippen LogP) is 1.54. The van der Waals surface area contributed by atoms with Crippen LogP contribution in [0.3, 0.4) is 0 Å². The number of hydrogen-bond acceptors (Lipinski definition) is 3. The minimum atomic E-state index is -0.793. The Balaban J connectivity index is 2.34. The van der Waals surface area contributed by atoms with E-state index in [2.05, 4.69) is 0 Å². The molecule has 1 saturated heterocycles. The molecule has 5 nitrogen and oxygen atoms in total. The van der Waals surface area contributed by atoms with Crippen LogP contribution in [0.25, 0.3) is 0 Å². The standard InChI is InChI=1S/C14H18N2O3/c1-9-8-10(13(15)17)5-6-11(9)16-7-3-2-4-12(16)14(18)19/h5-6,8,12H,2-4,7H2,1H3,(H2,15,17)(H,18,19). The number of carbonyl (C=O) groups is 2. The van der Waals surface area contributed by atoms with Crippen molar-refractivity contribution in [2.24, 2.45) is 5.73 Å². The fraction of sp³-hybridized carbons (Fsp3) is 0.429. The van der Waals surface area contributed by atoms with Crippen molar-refractivity contribution in [2.45, 2.75) is 32.2 Å². The molecule has 2 rings (SSSR count). The average Bonchev–Trinajstić information content (AvgIpc) is 2.38. The van der Waals surface area contributed by atoms with E-state index in [0.717, 1.165) is 30.6 Å². The Bertz CT molecular complexity index is 513. The molecule has 1 aromatic carbocycles. The maximum absolute atomic E-state index is 11.3. The molecule has 0 saturated carbocycles. The van der Waals surface area contributed by atoms with E-state index in [9.17, 15) is 14.7 Å². The molecule has 3 N–H and O–H groups in total. The van der Waals surface area contributed by atoms with Gasteiger partial charge in [-0.1, -0.05) is 0 Å². The van der Waals surface area contributed by atoms with Crippen molar-refractivity contribution < 1.29 is 14.7 Å². The van der Waals surface area contributed by atoms with Gasteiger partial charge in [-0.25, -0.2) is 4.79 Å². The van der Waals surface area contributed by atoms with Gasteiger partial charge in [-0.3, -0.25) is 4.79 Å². The van der Waals surface area contributed by atoms with E-state index < -0.39 is 17.9 Å². The third kappa shape index (κ3) is 2.70. The summed E-state index contributed by atoms with van der Waals surface area (Å²) in [4.78, 5) is 24.3. The summed E-state index contributed by atoms with van der Waals surface area (Å²) in [5.41, 5.74) is 7.44. The molecule has 0 spiro atoms. The summed E-state index contributed by atoms with van der Waals surface area (Å²) in [6.45, 7) is 2.60. The summed E-state index contributed by atoms with van der Waals surface area (Å²) in [6.07, 6.45) is 2.58. The van der Waals surface area contributed by atoms with Gasteiger partial charge >= 0.3 is 5.97 Å². The molecule has 1 aromatic rings. The van der Waals surface area contributed by atoms with E-state index in [1.807, 2.05) is 11.8 Å². The molecule has 1 atom stereocenters. The Labute approximate surface area is 112 Å². The maximum atomic E-state index is 11.3. The lowest BCUT2D eigenvalue weighted by Gasteiger charge is -2.35. The number of carboxylic acid groups (broad SMARTS) is 1. The Hall–Kier alpha value is -2.04. The highest BCUT2D eigenvalue weighted by Crippen LogP contribution is 2.28. The molecule has 1 heterocycles. The fourth-order valence-electron chi connectivity index (χ4n) is 2.61. The first-order valence-electron chi connectivity index (χ1n) is 6.40. The van der Waals surface area contributed by atoms with E-state index in [-0.39, 0.29) is 0 Å². The van der Waals surface area contributed by atoms with Crippen LogP contribution in [0.2, 0.25) is 0 Å². The number of hydrogen-bond donors (Lipinski definition) is 2. The first-order chi connectivity index (χ1) is 9.00. The zero-order valence-corrected chi connectivity index (χ0v) is 10.9. The molecule has 1 amide bonds. The van der Waals surface area contributed by atoms with Gasteiger partial charge in [0.05, 0.1) is 0 Å². The van der Waals surface area contributed by atoms with Crippen molar-refractivity contribution in [1.82, 2.24) is 0 Å². The molecule has 1 fully saturated rings. The number of primary amides is 1. The molecule has 1 unspecified atom stereocenters. The highest BCUT2D eigenvalue weighted by Gasteiger charge is 2.29. The molecule has 5 heteroatoms. The largest absolute Gasteiger partial charge is 0.480 e. The number of nitrogens with two attached hydrogens (primary N) is 1. The SMILES string of the molecule is Cc1cc(C(N)=O)ccc1N1CCCCC1C(=O)O. The average molecular weight is 262 g/mol. The quantitative estimate of drug-likeness (QED) is 0.865. The summed E-state index contributed by atoms with van der Waals surface area (Å²) in [6, 6.07) is 4.67. The number of aliphatic carboxylic acids is 1. The predicted molar refractivity (Wildman–Crippen MR) is 72.3 cm³/mol. The van der Waals surface area contributed by atoms with Crippen molar-refractivity contribution in [3.05, 3.63) is 29.3 Å². The van der Waals surface area contributed by atoms with Gasteiger partial charge in [0.2, 0.25) is 5.91 Å². The van der Waals surface area contributed by atoms with Crippen LogP contribution in [0.1, 0.15) is 35.2 Å². The summed E-state index contributed by atoms with van der Waals surface area (Å²) in [7, 11) is 0. The van der Waals surface area contributed by atoms with Gasteiger partial charge < -0.3 is 15.7 Å². The zero-order chi connectivity index (χ0) is 14.0. The van der Waals surface area contributed by atoms with Crippen LogP contribution < -0.4 is 10.6 Å². The molecule has 0 radical (unpaired) electrons. The number of nitrogens with zero attached hydrogens (tertiary/aromatic N) is 1. The maximum Gasteiger partial charge on any atom is 0.326 e. The van der Waals surface area contributed by atoms with Crippen molar-refractivity contribution in [1.29, 1.82) is 0 Å². The van der Waals surface area contributed by atoms with Crippen LogP contribution in [-0.2, 0) is 4.79 Å². The minimum absolute atomic E-state index is 0.449. The Kier molecular flexibility index (Phi) is 3.74. The third-order valence-corrected chi connectivity index (χ3v) is 3.58. The second-order valence-corrected chi connectivity index (χ2v) is 4.91. The van der Waals surface area contributed by atoms with Gasteiger partial charge in [0.25, 0.3) is 0 Å². The molecule has 1 aliphatic rings. The van der Waals surface area contributed by atoms with E-state index in [0.29, 0.717) is 12.0 Å². The fourth-order valence-corrected chi connectivity index (χ4v) is 2.61. The number of amides is 1. The monoisotopic (exact) mass is 262 g/mol. The zero-order valence-electron chi connectivity index (χ0n) is 10.9. The lowest BCUT2D eigenvalue weighted by Crippen LogP contribution is -2.45. The number of carbonyl (C=O) groups excluding carboxylic acids is 1. The Morgan fingerprint density at radius 1 is 1.37 bits per heavy atom. The van der Waals surface area contributed by atoms with Crippen LogP contribution >= 0.6 is 0 Å². The Morgan fingerprint density at radius 2 is 2.11 bits per heavy atom. The van der Waals surface area contributed by atoms with Crippen molar-refractivity contribution in [3.8, 4) is 0 Å². The van der Waals surface area contributed by atoms with Crippen LogP contribution in [0, 0.1) is 6.92 Å². The minimum Gasteiger partial charge on any atom is -0.480 e. The van der Waals surface area contributed by atoms with E-state index in [1.54, 1.807) is 18.2 Å². The molecule has 19 heavy (non-hydrogen) atoms.